The molecule has 2 N–H and O–H groups in total. The predicted molar refractivity (Wildman–Crippen MR) is 83.0 cm³/mol. The van der Waals surface area contributed by atoms with Crippen LogP contribution in [0.4, 0.5) is 0 Å². The van der Waals surface area contributed by atoms with E-state index in [0.717, 1.165) is 24.9 Å². The molecule has 1 aliphatic heterocycles. The highest BCUT2D eigenvalue weighted by Gasteiger charge is 2.37. The van der Waals surface area contributed by atoms with E-state index in [2.05, 4.69) is 16.0 Å². The van der Waals surface area contributed by atoms with Gasteiger partial charge >= 0.3 is 0 Å². The van der Waals surface area contributed by atoms with Gasteiger partial charge in [-0.3, -0.25) is 4.79 Å². The number of nitrogens with one attached hydrogen (secondary N) is 2. The zero-order valence-corrected chi connectivity index (χ0v) is 12.8. The number of amides is 1. The Morgan fingerprint density at radius 2 is 2.25 bits per heavy atom. The van der Waals surface area contributed by atoms with Crippen molar-refractivity contribution in [3.8, 4) is 0 Å². The topological polar surface area (TPSA) is 41.1 Å². The van der Waals surface area contributed by atoms with Crippen molar-refractivity contribution < 1.29 is 4.79 Å². The summed E-state index contributed by atoms with van der Waals surface area (Å²) >= 11 is 1.66. The van der Waals surface area contributed by atoms with Crippen molar-refractivity contribution in [2.75, 3.05) is 6.54 Å². The van der Waals surface area contributed by atoms with Crippen molar-refractivity contribution in [1.82, 2.24) is 10.6 Å². The lowest BCUT2D eigenvalue weighted by Crippen LogP contribution is -2.57. The van der Waals surface area contributed by atoms with Gasteiger partial charge in [0.1, 0.15) is 0 Å². The molecular weight excluding hydrogens is 268 g/mol. The van der Waals surface area contributed by atoms with Crippen LogP contribution < -0.4 is 10.6 Å². The van der Waals surface area contributed by atoms with Crippen LogP contribution in [0.1, 0.15) is 50.5 Å². The molecule has 2 heterocycles. The first-order chi connectivity index (χ1) is 9.76. The number of hydrogen-bond donors (Lipinski definition) is 2. The summed E-state index contributed by atoms with van der Waals surface area (Å²) in [7, 11) is 0. The van der Waals surface area contributed by atoms with E-state index in [-0.39, 0.29) is 5.91 Å². The Morgan fingerprint density at radius 3 is 3.00 bits per heavy atom. The van der Waals surface area contributed by atoms with Gasteiger partial charge in [0.2, 0.25) is 5.91 Å². The largest absolute Gasteiger partial charge is 0.353 e. The Balaban J connectivity index is 1.53. The van der Waals surface area contributed by atoms with E-state index in [4.69, 9.17) is 0 Å². The Bertz CT molecular complexity index is 432. The lowest BCUT2D eigenvalue weighted by atomic mass is 9.75. The molecule has 1 atom stereocenters. The second-order valence-corrected chi connectivity index (χ2v) is 7.11. The molecule has 0 bridgehead atoms. The third-order valence-corrected chi connectivity index (χ3v) is 5.48. The molecule has 2 fully saturated rings. The van der Waals surface area contributed by atoms with Crippen molar-refractivity contribution in [3.05, 3.63) is 22.4 Å². The molecule has 3 nitrogen and oxygen atoms in total. The smallest absolute Gasteiger partial charge is 0.224 e. The second kappa shape index (κ2) is 6.27. The minimum Gasteiger partial charge on any atom is -0.353 e. The van der Waals surface area contributed by atoms with Crippen LogP contribution in [0, 0.1) is 0 Å². The third kappa shape index (κ3) is 3.41. The minimum atomic E-state index is 0.182. The monoisotopic (exact) mass is 292 g/mol. The first-order valence-electron chi connectivity index (χ1n) is 7.81. The summed E-state index contributed by atoms with van der Waals surface area (Å²) in [5.41, 5.74) is 1.45. The predicted octanol–water partition coefficient (Wildman–Crippen LogP) is 2.86. The molecule has 4 heteroatoms. The first kappa shape index (κ1) is 14.1. The van der Waals surface area contributed by atoms with Gasteiger partial charge in [-0.2, -0.15) is 11.3 Å². The van der Waals surface area contributed by atoms with Crippen molar-refractivity contribution in [2.24, 2.45) is 0 Å². The van der Waals surface area contributed by atoms with Gasteiger partial charge in [-0.05, 0) is 54.6 Å². The Labute approximate surface area is 125 Å². The number of rotatable bonds is 3. The third-order valence-electron chi connectivity index (χ3n) is 4.75. The molecule has 1 saturated heterocycles. The summed E-state index contributed by atoms with van der Waals surface area (Å²) in [5.74, 6) is 0.182. The normalized spacial score (nSPS) is 25.5. The molecule has 1 aromatic rings. The molecule has 0 aromatic carbocycles. The lowest BCUT2D eigenvalue weighted by molar-refractivity contribution is -0.121. The summed E-state index contributed by atoms with van der Waals surface area (Å²) in [5, 5.41) is 11.1. The van der Waals surface area contributed by atoms with Gasteiger partial charge < -0.3 is 10.6 Å². The summed E-state index contributed by atoms with van der Waals surface area (Å²) in [4.78, 5) is 12.1. The molecule has 2 aliphatic rings. The van der Waals surface area contributed by atoms with E-state index in [1.807, 2.05) is 11.4 Å². The van der Waals surface area contributed by atoms with E-state index in [0.29, 0.717) is 18.0 Å². The molecule has 1 aromatic heterocycles. The Hall–Kier alpha value is -0.870. The number of carbonyl (C=O) groups excluding carboxylic acids is 1. The maximum Gasteiger partial charge on any atom is 0.224 e. The molecule has 1 saturated carbocycles. The first-order valence-corrected chi connectivity index (χ1v) is 8.76. The summed E-state index contributed by atoms with van der Waals surface area (Å²) in [6.07, 6.45) is 9.32. The molecule has 110 valence electrons. The van der Waals surface area contributed by atoms with Crippen LogP contribution in [0.5, 0.6) is 0 Å². The van der Waals surface area contributed by atoms with Crippen molar-refractivity contribution in [1.29, 1.82) is 0 Å². The minimum absolute atomic E-state index is 0.182. The standard InChI is InChI=1S/C16H24N2OS/c19-15(10-13-5-9-20-12-13)18-14-4-8-17-16(11-14)6-2-1-3-7-16/h5,9,12,14,17H,1-4,6-8,10-11H2,(H,18,19). The van der Waals surface area contributed by atoms with Crippen molar-refractivity contribution >= 4 is 17.2 Å². The van der Waals surface area contributed by atoms with Crippen molar-refractivity contribution in [3.63, 3.8) is 0 Å². The van der Waals surface area contributed by atoms with Crippen LogP contribution in [-0.2, 0) is 11.2 Å². The molecule has 1 amide bonds. The molecular formula is C16H24N2OS. The number of hydrogen-bond acceptors (Lipinski definition) is 3. The van der Waals surface area contributed by atoms with Gasteiger partial charge in [0, 0.05) is 11.6 Å². The maximum absolute atomic E-state index is 12.1. The number of carbonyl (C=O) groups is 1. The summed E-state index contributed by atoms with van der Waals surface area (Å²) < 4.78 is 0. The zero-order valence-electron chi connectivity index (χ0n) is 12.0. The van der Waals surface area contributed by atoms with Gasteiger partial charge in [-0.1, -0.05) is 19.3 Å². The van der Waals surface area contributed by atoms with E-state index < -0.39 is 0 Å². The van der Waals surface area contributed by atoms with E-state index in [1.165, 1.54) is 32.1 Å². The van der Waals surface area contributed by atoms with E-state index >= 15 is 0 Å². The second-order valence-electron chi connectivity index (χ2n) is 6.33. The molecule has 1 unspecified atom stereocenters. The zero-order chi connectivity index (χ0) is 13.8. The number of thiophene rings is 1. The van der Waals surface area contributed by atoms with Crippen molar-refractivity contribution in [2.45, 2.75) is 62.9 Å². The molecule has 0 radical (unpaired) electrons. The lowest BCUT2D eigenvalue weighted by Gasteiger charge is -2.44. The summed E-state index contributed by atoms with van der Waals surface area (Å²) in [6.45, 7) is 1.05. The molecule has 20 heavy (non-hydrogen) atoms. The van der Waals surface area contributed by atoms with Crippen LogP contribution in [0.25, 0.3) is 0 Å². The van der Waals surface area contributed by atoms with Crippen LogP contribution in [0.2, 0.25) is 0 Å². The highest BCUT2D eigenvalue weighted by atomic mass is 32.1. The molecule has 1 aliphatic carbocycles. The van der Waals surface area contributed by atoms with Gasteiger partial charge in [0.15, 0.2) is 0 Å². The molecule has 3 rings (SSSR count). The maximum atomic E-state index is 12.1. The average Bonchev–Trinajstić information content (AvgIpc) is 2.92. The van der Waals surface area contributed by atoms with Gasteiger partial charge in [-0.25, -0.2) is 0 Å². The van der Waals surface area contributed by atoms with Gasteiger partial charge in [-0.15, -0.1) is 0 Å². The Kier molecular flexibility index (Phi) is 4.41. The van der Waals surface area contributed by atoms with E-state index in [1.54, 1.807) is 11.3 Å². The summed E-state index contributed by atoms with van der Waals surface area (Å²) in [6, 6.07) is 2.40. The highest BCUT2D eigenvalue weighted by molar-refractivity contribution is 7.07. The number of piperidine rings is 1. The SMILES string of the molecule is O=C(Cc1ccsc1)NC1CCNC2(CCCCC2)C1. The van der Waals surface area contributed by atoms with Crippen LogP contribution in [-0.4, -0.2) is 24.0 Å². The highest BCUT2D eigenvalue weighted by Crippen LogP contribution is 2.34. The fourth-order valence-electron chi connectivity index (χ4n) is 3.75. The quantitative estimate of drug-likeness (QED) is 0.899. The fraction of sp³-hybridized carbons (Fsp3) is 0.688. The molecule has 1 spiro atoms. The van der Waals surface area contributed by atoms with Crippen LogP contribution >= 0.6 is 11.3 Å². The van der Waals surface area contributed by atoms with E-state index in [9.17, 15) is 4.79 Å². The Morgan fingerprint density at radius 1 is 1.40 bits per heavy atom. The average molecular weight is 292 g/mol. The van der Waals surface area contributed by atoms with Gasteiger partial charge in [0.25, 0.3) is 0 Å². The van der Waals surface area contributed by atoms with Crippen LogP contribution in [0.3, 0.4) is 0 Å². The fourth-order valence-corrected chi connectivity index (χ4v) is 4.42. The van der Waals surface area contributed by atoms with Gasteiger partial charge in [0.05, 0.1) is 6.42 Å². The van der Waals surface area contributed by atoms with Crippen LogP contribution in [0.15, 0.2) is 16.8 Å².